The van der Waals surface area contributed by atoms with Gasteiger partial charge in [0.05, 0.1) is 0 Å². The van der Waals surface area contributed by atoms with Gasteiger partial charge in [0.2, 0.25) is 6.29 Å². The fraction of sp³-hybridized carbons (Fsp3) is 0.714. The van der Waals surface area contributed by atoms with Crippen molar-refractivity contribution in [1.29, 1.82) is 0 Å². The summed E-state index contributed by atoms with van der Waals surface area (Å²) in [4.78, 5) is 23.5. The molecule has 4 nitrogen and oxygen atoms in total. The fourth-order valence-electron chi connectivity index (χ4n) is 2.22. The van der Waals surface area contributed by atoms with E-state index in [9.17, 15) is 9.59 Å². The number of ketones is 1. The first-order valence-electron chi connectivity index (χ1n) is 6.36. The van der Waals surface area contributed by atoms with Gasteiger partial charge in [-0.15, -0.1) is 0 Å². The van der Waals surface area contributed by atoms with Gasteiger partial charge in [0.1, 0.15) is 0 Å². The van der Waals surface area contributed by atoms with Gasteiger partial charge in [0.15, 0.2) is 11.4 Å². The summed E-state index contributed by atoms with van der Waals surface area (Å²) in [6.07, 6.45) is 3.03. The van der Waals surface area contributed by atoms with Crippen LogP contribution < -0.4 is 0 Å². The lowest BCUT2D eigenvalue weighted by molar-refractivity contribution is -0.155. The molecule has 1 fully saturated rings. The Balaban J connectivity index is 2.27. The molecule has 0 aromatic carbocycles. The van der Waals surface area contributed by atoms with Gasteiger partial charge in [-0.25, -0.2) is 4.79 Å². The van der Waals surface area contributed by atoms with Crippen molar-refractivity contribution in [2.24, 2.45) is 5.41 Å². The zero-order valence-electron chi connectivity index (χ0n) is 11.4. The van der Waals surface area contributed by atoms with E-state index >= 15 is 0 Å². The maximum atomic E-state index is 12.1. The number of hydrogen-bond acceptors (Lipinski definition) is 4. The van der Waals surface area contributed by atoms with Crippen LogP contribution in [0.1, 0.15) is 47.0 Å². The zero-order valence-corrected chi connectivity index (χ0v) is 11.4. The number of esters is 1. The number of carbonyl (C=O) groups is 2. The van der Waals surface area contributed by atoms with Crippen LogP contribution in [-0.4, -0.2) is 23.6 Å². The van der Waals surface area contributed by atoms with Gasteiger partial charge in [-0.2, -0.15) is 0 Å². The molecule has 1 saturated heterocycles. The molecule has 1 aliphatic carbocycles. The van der Waals surface area contributed by atoms with E-state index in [1.807, 2.05) is 20.8 Å². The first-order chi connectivity index (χ1) is 8.23. The summed E-state index contributed by atoms with van der Waals surface area (Å²) >= 11 is 0. The predicted octanol–water partition coefficient (Wildman–Crippen LogP) is 2.37. The molecule has 0 unspecified atom stereocenters. The molecular formula is C14H20O4. The second-order valence-corrected chi connectivity index (χ2v) is 6.24. The van der Waals surface area contributed by atoms with Gasteiger partial charge in [-0.3, -0.25) is 4.79 Å². The van der Waals surface area contributed by atoms with Gasteiger partial charge in [-0.05, 0) is 31.4 Å². The minimum Gasteiger partial charge on any atom is -0.433 e. The summed E-state index contributed by atoms with van der Waals surface area (Å²) in [5, 5.41) is 0. The molecule has 0 amide bonds. The number of carbonyl (C=O) groups excluding carboxylic acids is 2. The smallest absolute Gasteiger partial charge is 0.344 e. The molecule has 0 N–H and O–H groups in total. The Bertz CT molecular complexity index is 416. The van der Waals surface area contributed by atoms with Crippen LogP contribution in [0.5, 0.6) is 0 Å². The van der Waals surface area contributed by atoms with Crippen molar-refractivity contribution >= 4 is 11.8 Å². The second-order valence-electron chi connectivity index (χ2n) is 6.24. The standard InChI is InChI=1S/C14H20O4/c1-13(2,3)12-17-11(16)14(4,18-12)9-6-5-7-10(15)8-9/h8,12H,5-7H2,1-4H3/t12-,14-/m1/s1. The normalized spacial score (nSPS) is 33.3. The van der Waals surface area contributed by atoms with E-state index in [4.69, 9.17) is 9.47 Å². The SMILES string of the molecule is CC(C)(C)[C@@H]1OC(=O)[C@@](C)(C2=CC(=O)CCC2)O1. The number of cyclic esters (lactones) is 1. The third-order valence-electron chi connectivity index (χ3n) is 3.47. The van der Waals surface area contributed by atoms with Crippen LogP contribution in [0.3, 0.4) is 0 Å². The Hall–Kier alpha value is -1.16. The summed E-state index contributed by atoms with van der Waals surface area (Å²) in [5.41, 5.74) is -0.615. The van der Waals surface area contributed by atoms with Crippen molar-refractivity contribution in [3.05, 3.63) is 11.6 Å². The van der Waals surface area contributed by atoms with Crippen molar-refractivity contribution < 1.29 is 19.1 Å². The number of allylic oxidation sites excluding steroid dienone is 1. The van der Waals surface area contributed by atoms with Crippen molar-refractivity contribution in [2.45, 2.75) is 58.8 Å². The number of hydrogen-bond donors (Lipinski definition) is 0. The van der Waals surface area contributed by atoms with Crippen LogP contribution >= 0.6 is 0 Å². The third kappa shape index (κ3) is 2.21. The van der Waals surface area contributed by atoms with Crippen LogP contribution in [0, 0.1) is 5.41 Å². The molecule has 0 saturated carbocycles. The third-order valence-corrected chi connectivity index (χ3v) is 3.47. The van der Waals surface area contributed by atoms with E-state index in [1.165, 1.54) is 0 Å². The molecular weight excluding hydrogens is 232 g/mol. The summed E-state index contributed by atoms with van der Waals surface area (Å²) in [7, 11) is 0. The zero-order chi connectivity index (χ0) is 13.6. The highest BCUT2D eigenvalue weighted by Crippen LogP contribution is 2.40. The minimum absolute atomic E-state index is 0.0630. The van der Waals surface area contributed by atoms with E-state index in [0.29, 0.717) is 12.8 Å². The van der Waals surface area contributed by atoms with Gasteiger partial charge in [-0.1, -0.05) is 20.8 Å². The topological polar surface area (TPSA) is 52.6 Å². The molecule has 0 aromatic rings. The lowest BCUT2D eigenvalue weighted by Gasteiger charge is -2.28. The molecule has 0 spiro atoms. The van der Waals surface area contributed by atoms with Gasteiger partial charge in [0, 0.05) is 11.8 Å². The van der Waals surface area contributed by atoms with E-state index < -0.39 is 11.9 Å². The molecule has 0 bridgehead atoms. The van der Waals surface area contributed by atoms with Crippen molar-refractivity contribution in [1.82, 2.24) is 0 Å². The number of ether oxygens (including phenoxy) is 2. The minimum atomic E-state index is -1.09. The highest BCUT2D eigenvalue weighted by molar-refractivity contribution is 5.94. The van der Waals surface area contributed by atoms with Gasteiger partial charge >= 0.3 is 5.97 Å². The fourth-order valence-corrected chi connectivity index (χ4v) is 2.22. The van der Waals surface area contributed by atoms with E-state index in [2.05, 4.69) is 0 Å². The first kappa shape index (κ1) is 13.3. The van der Waals surface area contributed by atoms with Crippen LogP contribution in [0.4, 0.5) is 0 Å². The highest BCUT2D eigenvalue weighted by atomic mass is 16.8. The lowest BCUT2D eigenvalue weighted by Crippen LogP contribution is -2.37. The molecule has 2 aliphatic rings. The van der Waals surface area contributed by atoms with E-state index in [-0.39, 0.29) is 17.2 Å². The average Bonchev–Trinajstić information content (AvgIpc) is 2.56. The lowest BCUT2D eigenvalue weighted by atomic mass is 9.86. The molecule has 0 aromatic heterocycles. The molecule has 4 heteroatoms. The number of rotatable bonds is 1. The Kier molecular flexibility index (Phi) is 3.09. The van der Waals surface area contributed by atoms with E-state index in [0.717, 1.165) is 12.0 Å². The van der Waals surface area contributed by atoms with Crippen LogP contribution in [-0.2, 0) is 19.1 Å². The molecule has 100 valence electrons. The van der Waals surface area contributed by atoms with Gasteiger partial charge < -0.3 is 9.47 Å². The second kappa shape index (κ2) is 4.19. The van der Waals surface area contributed by atoms with Crippen molar-refractivity contribution in [2.75, 3.05) is 0 Å². The van der Waals surface area contributed by atoms with E-state index in [1.54, 1.807) is 13.0 Å². The van der Waals surface area contributed by atoms with Crippen molar-refractivity contribution in [3.63, 3.8) is 0 Å². The summed E-state index contributed by atoms with van der Waals surface area (Å²) < 4.78 is 11.1. The maximum Gasteiger partial charge on any atom is 0.344 e. The quantitative estimate of drug-likeness (QED) is 0.672. The molecule has 0 radical (unpaired) electrons. The summed E-state index contributed by atoms with van der Waals surface area (Å²) in [6.45, 7) is 7.57. The highest BCUT2D eigenvalue weighted by Gasteiger charge is 2.52. The molecule has 18 heavy (non-hydrogen) atoms. The largest absolute Gasteiger partial charge is 0.433 e. The molecule has 1 heterocycles. The van der Waals surface area contributed by atoms with Crippen LogP contribution in [0.2, 0.25) is 0 Å². The Labute approximate surface area is 107 Å². The van der Waals surface area contributed by atoms with Crippen molar-refractivity contribution in [3.8, 4) is 0 Å². The summed E-state index contributed by atoms with van der Waals surface area (Å²) in [5.74, 6) is -0.323. The molecule has 2 rings (SSSR count). The first-order valence-corrected chi connectivity index (χ1v) is 6.36. The maximum absolute atomic E-state index is 12.1. The van der Waals surface area contributed by atoms with Crippen LogP contribution in [0.25, 0.3) is 0 Å². The van der Waals surface area contributed by atoms with Crippen LogP contribution in [0.15, 0.2) is 11.6 Å². The monoisotopic (exact) mass is 252 g/mol. The Morgan fingerprint density at radius 1 is 1.28 bits per heavy atom. The molecule has 1 aliphatic heterocycles. The Morgan fingerprint density at radius 3 is 2.44 bits per heavy atom. The summed E-state index contributed by atoms with van der Waals surface area (Å²) in [6, 6.07) is 0. The predicted molar refractivity (Wildman–Crippen MR) is 65.8 cm³/mol. The average molecular weight is 252 g/mol. The Morgan fingerprint density at radius 2 is 1.94 bits per heavy atom. The van der Waals surface area contributed by atoms with Gasteiger partial charge in [0.25, 0.3) is 0 Å². The molecule has 2 atom stereocenters.